The summed E-state index contributed by atoms with van der Waals surface area (Å²) in [5, 5.41) is 1.02. The molecule has 2 aliphatic heterocycles. The fourth-order valence-corrected chi connectivity index (χ4v) is 3.74. The van der Waals surface area contributed by atoms with Crippen LogP contribution in [-0.2, 0) is 9.53 Å². The molecule has 0 atom stereocenters. The highest BCUT2D eigenvalue weighted by atomic mass is 35.5. The van der Waals surface area contributed by atoms with Gasteiger partial charge in [-0.25, -0.2) is 0 Å². The number of hydrogen-bond acceptors (Lipinski definition) is 4. The number of fused-ring (bicyclic) bond motifs is 1. The molecule has 2 saturated heterocycles. The van der Waals surface area contributed by atoms with E-state index in [4.69, 9.17) is 10.5 Å². The molecule has 2 amide bonds. The quantitative estimate of drug-likeness (QED) is 0.807. The second-order valence-electron chi connectivity index (χ2n) is 7.12. The Morgan fingerprint density at radius 3 is 2.33 bits per heavy atom. The number of halogens is 1. The van der Waals surface area contributed by atoms with Gasteiger partial charge in [0.15, 0.2) is 0 Å². The largest absolute Gasteiger partial charge is 0.381 e. The zero-order valence-corrected chi connectivity index (χ0v) is 16.0. The van der Waals surface area contributed by atoms with Crippen LogP contribution < -0.4 is 5.73 Å². The van der Waals surface area contributed by atoms with Crippen LogP contribution in [0, 0.1) is 0 Å². The maximum absolute atomic E-state index is 12.8. The summed E-state index contributed by atoms with van der Waals surface area (Å²) in [7, 11) is 0. The molecule has 2 aromatic rings. The smallest absolute Gasteiger partial charge is 0.270 e. The van der Waals surface area contributed by atoms with Crippen LogP contribution in [0.5, 0.6) is 0 Å². The van der Waals surface area contributed by atoms with Gasteiger partial charge in [-0.3, -0.25) is 9.59 Å². The number of H-pyrrole nitrogens is 1. The highest BCUT2D eigenvalue weighted by Gasteiger charge is 2.40. The summed E-state index contributed by atoms with van der Waals surface area (Å²) in [6.45, 7) is 3.14. The van der Waals surface area contributed by atoms with Gasteiger partial charge in [-0.05, 0) is 25.0 Å². The monoisotopic (exact) mass is 392 g/mol. The predicted octanol–water partition coefficient (Wildman–Crippen LogP) is 1.38. The number of para-hydroxylation sites is 1. The van der Waals surface area contributed by atoms with Crippen molar-refractivity contribution in [2.45, 2.75) is 18.4 Å². The third kappa shape index (κ3) is 3.81. The fourth-order valence-electron chi connectivity index (χ4n) is 3.74. The molecule has 0 radical (unpaired) electrons. The van der Waals surface area contributed by atoms with E-state index in [2.05, 4.69) is 4.98 Å². The lowest BCUT2D eigenvalue weighted by molar-refractivity contribution is -0.142. The molecular weight excluding hydrogens is 368 g/mol. The maximum Gasteiger partial charge on any atom is 0.270 e. The van der Waals surface area contributed by atoms with E-state index < -0.39 is 5.54 Å². The number of nitrogens with zero attached hydrogens (tertiary/aromatic N) is 2. The molecule has 2 aliphatic rings. The van der Waals surface area contributed by atoms with Crippen molar-refractivity contribution >= 4 is 35.1 Å². The Morgan fingerprint density at radius 1 is 1.04 bits per heavy atom. The van der Waals surface area contributed by atoms with Gasteiger partial charge in [0.1, 0.15) is 5.69 Å². The number of aromatic nitrogens is 1. The average Bonchev–Trinajstić information content (AvgIpc) is 3.12. The number of nitrogens with two attached hydrogens (primary N) is 1. The first-order chi connectivity index (χ1) is 12.6. The van der Waals surface area contributed by atoms with Crippen LogP contribution in [0.15, 0.2) is 30.3 Å². The lowest BCUT2D eigenvalue weighted by Gasteiger charge is -2.40. The summed E-state index contributed by atoms with van der Waals surface area (Å²) in [5.41, 5.74) is 7.03. The molecule has 7 nitrogen and oxygen atoms in total. The predicted molar refractivity (Wildman–Crippen MR) is 105 cm³/mol. The summed E-state index contributed by atoms with van der Waals surface area (Å²) in [5.74, 6) is -0.0414. The summed E-state index contributed by atoms with van der Waals surface area (Å²) in [6.07, 6.45) is 1.11. The highest BCUT2D eigenvalue weighted by Crippen LogP contribution is 2.22. The standard InChI is InChI=1S/C19H24N4O3.ClH/c20-19(5-11-26-12-6-19)18(25)23-9-7-22(8-10-23)17(24)16-13-14-3-1-2-4-15(14)21-16;/h1-4,13,21H,5-12,20H2;1H. The Labute approximate surface area is 164 Å². The highest BCUT2D eigenvalue weighted by molar-refractivity contribution is 5.98. The van der Waals surface area contributed by atoms with E-state index in [1.54, 1.807) is 9.80 Å². The van der Waals surface area contributed by atoms with Crippen LogP contribution in [0.25, 0.3) is 10.9 Å². The lowest BCUT2D eigenvalue weighted by atomic mass is 9.89. The minimum Gasteiger partial charge on any atom is -0.381 e. The number of carbonyl (C=O) groups excluding carboxylic acids is 2. The van der Waals surface area contributed by atoms with Gasteiger partial charge in [0.05, 0.1) is 5.54 Å². The molecule has 0 spiro atoms. The molecule has 0 aliphatic carbocycles. The molecule has 2 fully saturated rings. The van der Waals surface area contributed by atoms with Crippen LogP contribution >= 0.6 is 12.4 Å². The van der Waals surface area contributed by atoms with E-state index in [1.807, 2.05) is 30.3 Å². The molecule has 4 rings (SSSR count). The normalized spacial score (nSPS) is 19.6. The Bertz CT molecular complexity index is 790. The average molecular weight is 393 g/mol. The van der Waals surface area contributed by atoms with Crippen molar-refractivity contribution in [1.29, 1.82) is 0 Å². The number of carbonyl (C=O) groups is 2. The van der Waals surface area contributed by atoms with Gasteiger partial charge in [0.25, 0.3) is 5.91 Å². The van der Waals surface area contributed by atoms with Crippen LogP contribution in [0.1, 0.15) is 23.3 Å². The third-order valence-corrected chi connectivity index (χ3v) is 5.43. The molecule has 3 heterocycles. The number of ether oxygens (including phenoxy) is 1. The van der Waals surface area contributed by atoms with Crippen molar-refractivity contribution in [1.82, 2.24) is 14.8 Å². The SMILES string of the molecule is Cl.NC1(C(=O)N2CCN(C(=O)c3cc4ccccc4[nH]3)CC2)CCOCC1. The molecule has 0 saturated carbocycles. The van der Waals surface area contributed by atoms with Crippen molar-refractivity contribution in [3.63, 3.8) is 0 Å². The third-order valence-electron chi connectivity index (χ3n) is 5.43. The topological polar surface area (TPSA) is 91.7 Å². The Kier molecular flexibility index (Phi) is 5.74. The number of benzene rings is 1. The molecule has 27 heavy (non-hydrogen) atoms. The van der Waals surface area contributed by atoms with Gasteiger partial charge in [0.2, 0.25) is 5.91 Å². The number of nitrogens with one attached hydrogen (secondary N) is 1. The first-order valence-electron chi connectivity index (χ1n) is 9.10. The van der Waals surface area contributed by atoms with Gasteiger partial charge in [-0.15, -0.1) is 12.4 Å². The molecule has 146 valence electrons. The molecule has 0 unspecified atom stereocenters. The summed E-state index contributed by atoms with van der Waals surface area (Å²) < 4.78 is 5.32. The molecule has 8 heteroatoms. The number of amides is 2. The molecule has 1 aromatic carbocycles. The van der Waals surface area contributed by atoms with Crippen LogP contribution in [0.4, 0.5) is 0 Å². The Morgan fingerprint density at radius 2 is 1.67 bits per heavy atom. The van der Waals surface area contributed by atoms with Gasteiger partial charge in [-0.2, -0.15) is 0 Å². The fraction of sp³-hybridized carbons (Fsp3) is 0.474. The Hall–Kier alpha value is -2.09. The minimum absolute atomic E-state index is 0. The summed E-state index contributed by atoms with van der Waals surface area (Å²) >= 11 is 0. The van der Waals surface area contributed by atoms with E-state index in [9.17, 15) is 9.59 Å². The van der Waals surface area contributed by atoms with Crippen LogP contribution in [-0.4, -0.2) is 71.5 Å². The molecule has 3 N–H and O–H groups in total. The zero-order chi connectivity index (χ0) is 18.1. The van der Waals surface area contributed by atoms with Gasteiger partial charge in [0, 0.05) is 50.3 Å². The van der Waals surface area contributed by atoms with E-state index in [0.717, 1.165) is 10.9 Å². The van der Waals surface area contributed by atoms with Gasteiger partial charge >= 0.3 is 0 Å². The summed E-state index contributed by atoms with van der Waals surface area (Å²) in [6, 6.07) is 9.71. The molecule has 0 bridgehead atoms. The number of hydrogen-bond donors (Lipinski definition) is 2. The lowest BCUT2D eigenvalue weighted by Crippen LogP contribution is -2.61. The van der Waals surface area contributed by atoms with Gasteiger partial charge in [-0.1, -0.05) is 18.2 Å². The summed E-state index contributed by atoms with van der Waals surface area (Å²) in [4.78, 5) is 32.3. The number of rotatable bonds is 2. The molecule has 1 aromatic heterocycles. The van der Waals surface area contributed by atoms with Crippen molar-refractivity contribution in [3.05, 3.63) is 36.0 Å². The second-order valence-corrected chi connectivity index (χ2v) is 7.12. The van der Waals surface area contributed by atoms with E-state index in [1.165, 1.54) is 0 Å². The zero-order valence-electron chi connectivity index (χ0n) is 15.1. The van der Waals surface area contributed by atoms with E-state index >= 15 is 0 Å². The van der Waals surface area contributed by atoms with Crippen molar-refractivity contribution < 1.29 is 14.3 Å². The van der Waals surface area contributed by atoms with E-state index in [0.29, 0.717) is 57.9 Å². The number of aromatic amines is 1. The Balaban J connectivity index is 0.00000210. The first-order valence-corrected chi connectivity index (χ1v) is 9.10. The van der Waals surface area contributed by atoms with Crippen molar-refractivity contribution in [2.75, 3.05) is 39.4 Å². The second kappa shape index (κ2) is 7.88. The van der Waals surface area contributed by atoms with Crippen LogP contribution in [0.3, 0.4) is 0 Å². The van der Waals surface area contributed by atoms with Crippen LogP contribution in [0.2, 0.25) is 0 Å². The van der Waals surface area contributed by atoms with E-state index in [-0.39, 0.29) is 24.2 Å². The van der Waals surface area contributed by atoms with Crippen molar-refractivity contribution in [3.8, 4) is 0 Å². The van der Waals surface area contributed by atoms with Crippen molar-refractivity contribution in [2.24, 2.45) is 5.73 Å². The van der Waals surface area contributed by atoms with Gasteiger partial charge < -0.3 is 25.3 Å². The molecular formula is C19H25ClN4O3. The minimum atomic E-state index is -0.818. The first kappa shape index (κ1) is 19.7. The maximum atomic E-state index is 12.8. The number of piperazine rings is 1.